The predicted octanol–water partition coefficient (Wildman–Crippen LogP) is 3.09. The molecule has 0 spiro atoms. The molecule has 1 N–H and O–H groups in total. The molecule has 0 saturated carbocycles. The lowest BCUT2D eigenvalue weighted by Gasteiger charge is -2.24. The number of aromatic nitrogens is 2. The van der Waals surface area contributed by atoms with Crippen molar-refractivity contribution in [3.05, 3.63) is 46.7 Å². The first kappa shape index (κ1) is 15.1. The maximum absolute atomic E-state index is 12.4. The summed E-state index contributed by atoms with van der Waals surface area (Å²) in [6.45, 7) is 5.46. The van der Waals surface area contributed by atoms with Gasteiger partial charge in [0.15, 0.2) is 0 Å². The molecule has 1 aromatic carbocycles. The zero-order valence-electron chi connectivity index (χ0n) is 12.0. The minimum absolute atomic E-state index is 0.225. The number of amides is 1. The van der Waals surface area contributed by atoms with Crippen molar-refractivity contribution in [1.82, 2.24) is 9.78 Å². The Morgan fingerprint density at radius 3 is 2.76 bits per heavy atom. The Kier molecular flexibility index (Phi) is 4.01. The van der Waals surface area contributed by atoms with Crippen LogP contribution < -0.4 is 5.32 Å². The Bertz CT molecular complexity index is 728. The lowest BCUT2D eigenvalue weighted by Crippen LogP contribution is -2.40. The molecule has 0 atom stereocenters. The zero-order chi connectivity index (χ0) is 15.6. The molecule has 6 heteroatoms. The number of nitrogens with zero attached hydrogens (tertiary/aromatic N) is 3. The molecule has 2 rings (SSSR count). The van der Waals surface area contributed by atoms with E-state index < -0.39 is 5.54 Å². The van der Waals surface area contributed by atoms with Crippen molar-refractivity contribution >= 4 is 23.2 Å². The summed E-state index contributed by atoms with van der Waals surface area (Å²) in [5.41, 5.74) is 0.981. The van der Waals surface area contributed by atoms with E-state index in [9.17, 15) is 4.79 Å². The molecule has 0 aliphatic heterocycles. The average Bonchev–Trinajstić information content (AvgIpc) is 2.88. The molecule has 108 valence electrons. The number of anilines is 1. The third-order valence-corrected chi connectivity index (χ3v) is 3.51. The summed E-state index contributed by atoms with van der Waals surface area (Å²) >= 11 is 5.87. The molecule has 2 aromatic rings. The fourth-order valence-corrected chi connectivity index (χ4v) is 1.96. The van der Waals surface area contributed by atoms with Crippen LogP contribution in [0.5, 0.6) is 0 Å². The van der Waals surface area contributed by atoms with Crippen molar-refractivity contribution in [3.8, 4) is 6.07 Å². The number of carbonyl (C=O) groups is 1. The molecular weight excluding hydrogens is 288 g/mol. The Morgan fingerprint density at radius 2 is 2.19 bits per heavy atom. The van der Waals surface area contributed by atoms with E-state index in [1.54, 1.807) is 42.9 Å². The predicted molar refractivity (Wildman–Crippen MR) is 81.1 cm³/mol. The van der Waals surface area contributed by atoms with Crippen LogP contribution in [0.25, 0.3) is 0 Å². The standard InChI is InChI=1S/C15H15ClN4O/c1-10-8-18-20(9-10)15(2,3)14(21)19-12-4-5-13(16)11(6-12)7-17/h4-6,8-9H,1-3H3,(H,19,21). The number of nitriles is 1. The van der Waals surface area contributed by atoms with Gasteiger partial charge in [-0.3, -0.25) is 9.48 Å². The van der Waals surface area contributed by atoms with Crippen LogP contribution in [-0.2, 0) is 10.3 Å². The molecule has 0 saturated heterocycles. The molecule has 0 fully saturated rings. The Balaban J connectivity index is 2.23. The second kappa shape index (κ2) is 5.58. The first-order valence-electron chi connectivity index (χ1n) is 6.37. The highest BCUT2D eigenvalue weighted by atomic mass is 35.5. The third kappa shape index (κ3) is 3.06. The van der Waals surface area contributed by atoms with Gasteiger partial charge in [0.1, 0.15) is 11.6 Å². The van der Waals surface area contributed by atoms with Crippen LogP contribution in [0, 0.1) is 18.3 Å². The van der Waals surface area contributed by atoms with E-state index in [2.05, 4.69) is 10.4 Å². The number of halogens is 1. The van der Waals surface area contributed by atoms with Gasteiger partial charge in [-0.25, -0.2) is 0 Å². The van der Waals surface area contributed by atoms with Crippen LogP contribution in [0.2, 0.25) is 5.02 Å². The van der Waals surface area contributed by atoms with Gasteiger partial charge in [-0.2, -0.15) is 10.4 Å². The van der Waals surface area contributed by atoms with E-state index in [1.165, 1.54) is 0 Å². The number of hydrogen-bond acceptors (Lipinski definition) is 3. The molecule has 1 amide bonds. The van der Waals surface area contributed by atoms with Gasteiger partial charge >= 0.3 is 0 Å². The van der Waals surface area contributed by atoms with Crippen molar-refractivity contribution in [2.24, 2.45) is 0 Å². The first-order chi connectivity index (χ1) is 9.84. The molecule has 0 radical (unpaired) electrons. The molecule has 1 aromatic heterocycles. The Labute approximate surface area is 128 Å². The second-order valence-electron chi connectivity index (χ2n) is 5.28. The van der Waals surface area contributed by atoms with Crippen molar-refractivity contribution in [1.29, 1.82) is 5.26 Å². The Hall–Kier alpha value is -2.32. The molecule has 5 nitrogen and oxygen atoms in total. The monoisotopic (exact) mass is 302 g/mol. The molecule has 1 heterocycles. The lowest BCUT2D eigenvalue weighted by atomic mass is 10.0. The van der Waals surface area contributed by atoms with E-state index in [0.29, 0.717) is 16.3 Å². The minimum atomic E-state index is -0.847. The highest BCUT2D eigenvalue weighted by Crippen LogP contribution is 2.22. The molecule has 0 aliphatic rings. The van der Waals surface area contributed by atoms with Gasteiger partial charge in [0.25, 0.3) is 5.91 Å². The van der Waals surface area contributed by atoms with E-state index in [4.69, 9.17) is 16.9 Å². The van der Waals surface area contributed by atoms with E-state index in [0.717, 1.165) is 5.56 Å². The van der Waals surface area contributed by atoms with Crippen LogP contribution in [0.15, 0.2) is 30.6 Å². The third-order valence-electron chi connectivity index (χ3n) is 3.18. The van der Waals surface area contributed by atoms with E-state index in [-0.39, 0.29) is 5.91 Å². The summed E-state index contributed by atoms with van der Waals surface area (Å²) in [5.74, 6) is -0.225. The first-order valence-corrected chi connectivity index (χ1v) is 6.75. The van der Waals surface area contributed by atoms with Crippen LogP contribution in [0.3, 0.4) is 0 Å². The summed E-state index contributed by atoms with van der Waals surface area (Å²) in [4.78, 5) is 12.4. The normalized spacial score (nSPS) is 11.0. The number of benzene rings is 1. The maximum Gasteiger partial charge on any atom is 0.251 e. The molecule has 0 aliphatic carbocycles. The smallest absolute Gasteiger partial charge is 0.251 e. The number of aryl methyl sites for hydroxylation is 1. The zero-order valence-corrected chi connectivity index (χ0v) is 12.8. The number of carbonyl (C=O) groups excluding carboxylic acids is 1. The van der Waals surface area contributed by atoms with Crippen LogP contribution >= 0.6 is 11.6 Å². The van der Waals surface area contributed by atoms with Gasteiger partial charge in [0.2, 0.25) is 0 Å². The van der Waals surface area contributed by atoms with Crippen LogP contribution in [0.1, 0.15) is 25.0 Å². The largest absolute Gasteiger partial charge is 0.324 e. The van der Waals surface area contributed by atoms with Gasteiger partial charge < -0.3 is 5.32 Å². The number of nitrogens with one attached hydrogen (secondary N) is 1. The fourth-order valence-electron chi connectivity index (χ4n) is 1.80. The van der Waals surface area contributed by atoms with Gasteiger partial charge in [-0.05, 0) is 44.5 Å². The van der Waals surface area contributed by atoms with Crippen molar-refractivity contribution < 1.29 is 4.79 Å². The van der Waals surface area contributed by atoms with Crippen LogP contribution in [-0.4, -0.2) is 15.7 Å². The van der Waals surface area contributed by atoms with Gasteiger partial charge in [-0.1, -0.05) is 11.6 Å². The van der Waals surface area contributed by atoms with Gasteiger partial charge in [0, 0.05) is 11.9 Å². The number of hydrogen-bond donors (Lipinski definition) is 1. The second-order valence-corrected chi connectivity index (χ2v) is 5.69. The average molecular weight is 303 g/mol. The van der Waals surface area contributed by atoms with Crippen molar-refractivity contribution in [2.75, 3.05) is 5.32 Å². The summed E-state index contributed by atoms with van der Waals surface area (Å²) in [7, 11) is 0. The SMILES string of the molecule is Cc1cnn(C(C)(C)C(=O)Nc2ccc(Cl)c(C#N)c2)c1. The summed E-state index contributed by atoms with van der Waals surface area (Å²) in [6.07, 6.45) is 3.51. The molecule has 0 unspecified atom stereocenters. The van der Waals surface area contributed by atoms with E-state index >= 15 is 0 Å². The van der Waals surface area contributed by atoms with E-state index in [1.807, 2.05) is 19.2 Å². The highest BCUT2D eigenvalue weighted by molar-refractivity contribution is 6.31. The van der Waals surface area contributed by atoms with Gasteiger partial charge in [-0.15, -0.1) is 0 Å². The summed E-state index contributed by atoms with van der Waals surface area (Å²) in [5, 5.41) is 16.3. The minimum Gasteiger partial charge on any atom is -0.324 e. The molecular formula is C15H15ClN4O. The summed E-state index contributed by atoms with van der Waals surface area (Å²) < 4.78 is 1.61. The van der Waals surface area contributed by atoms with Crippen molar-refractivity contribution in [2.45, 2.75) is 26.3 Å². The van der Waals surface area contributed by atoms with Crippen molar-refractivity contribution in [3.63, 3.8) is 0 Å². The highest BCUT2D eigenvalue weighted by Gasteiger charge is 2.30. The Morgan fingerprint density at radius 1 is 1.48 bits per heavy atom. The number of rotatable bonds is 3. The quantitative estimate of drug-likeness (QED) is 0.947. The van der Waals surface area contributed by atoms with Crippen LogP contribution in [0.4, 0.5) is 5.69 Å². The molecule has 21 heavy (non-hydrogen) atoms. The topological polar surface area (TPSA) is 70.7 Å². The summed E-state index contributed by atoms with van der Waals surface area (Å²) in [6, 6.07) is 6.77. The molecule has 0 bridgehead atoms. The fraction of sp³-hybridized carbons (Fsp3) is 0.267. The lowest BCUT2D eigenvalue weighted by molar-refractivity contribution is -0.123. The van der Waals surface area contributed by atoms with Gasteiger partial charge in [0.05, 0.1) is 16.8 Å². The maximum atomic E-state index is 12.4.